The van der Waals surface area contributed by atoms with Gasteiger partial charge in [-0.1, -0.05) is 24.3 Å². The number of hydrogen-bond acceptors (Lipinski definition) is 1. The van der Waals surface area contributed by atoms with Crippen LogP contribution in [0.1, 0.15) is 11.1 Å². The fourth-order valence-corrected chi connectivity index (χ4v) is 2.61. The quantitative estimate of drug-likeness (QED) is 0.565. The predicted molar refractivity (Wildman–Crippen MR) is 74.9 cm³/mol. The first kappa shape index (κ1) is 14.7. The number of aryl methyl sites for hydroxylation is 2. The molecular weight excluding hydrogens is 241 g/mol. The average Bonchev–Trinajstić information content (AvgIpc) is 2.41. The molecule has 0 atom stereocenters. The van der Waals surface area contributed by atoms with Crippen LogP contribution in [0.4, 0.5) is 0 Å². The second kappa shape index (κ2) is 5.71. The molecule has 3 aromatic rings. The maximum absolute atomic E-state index is 12.6. The topological polar surface area (TPSA) is 37.2 Å². The molecule has 2 nitrogen and oxygen atoms in total. The minimum Gasteiger partial charge on any atom is -0.868 e. The van der Waals surface area contributed by atoms with Crippen LogP contribution in [0.2, 0.25) is 0 Å². The SMILES string of the molecule is Cc1cccc(C)c1-c1ccc2ccc[nH+]c2c1[O-].[Li+]. The van der Waals surface area contributed by atoms with E-state index in [4.69, 9.17) is 0 Å². The van der Waals surface area contributed by atoms with Crippen LogP contribution in [-0.4, -0.2) is 0 Å². The molecule has 3 rings (SSSR count). The smallest absolute Gasteiger partial charge is 0.868 e. The summed E-state index contributed by atoms with van der Waals surface area (Å²) in [4.78, 5) is 3.06. The monoisotopic (exact) mass is 256 g/mol. The summed E-state index contributed by atoms with van der Waals surface area (Å²) in [6.45, 7) is 4.08. The van der Waals surface area contributed by atoms with Crippen molar-refractivity contribution < 1.29 is 29.0 Å². The Morgan fingerprint density at radius 3 is 2.30 bits per heavy atom. The van der Waals surface area contributed by atoms with E-state index in [1.807, 2.05) is 56.3 Å². The van der Waals surface area contributed by atoms with E-state index < -0.39 is 0 Å². The molecule has 0 aliphatic heterocycles. The first-order chi connectivity index (χ1) is 9.18. The normalized spacial score (nSPS) is 10.3. The number of nitrogens with one attached hydrogen (secondary N) is 1. The Kier molecular flexibility index (Phi) is 4.18. The van der Waals surface area contributed by atoms with Crippen molar-refractivity contribution >= 4 is 10.9 Å². The van der Waals surface area contributed by atoms with Crippen molar-refractivity contribution in [2.24, 2.45) is 0 Å². The van der Waals surface area contributed by atoms with Gasteiger partial charge in [-0.05, 0) is 54.0 Å². The third-order valence-corrected chi connectivity index (χ3v) is 3.54. The predicted octanol–water partition coefficient (Wildman–Crippen LogP) is 0.0153. The standard InChI is InChI=1S/C17H15NO.Li/c1-11-5-3-6-12(2)15(11)14-9-8-13-7-4-10-18-16(13)17(14)19;/h3-10,19H,1-2H3;/q;+1. The van der Waals surface area contributed by atoms with Gasteiger partial charge in [-0.25, -0.2) is 4.98 Å². The van der Waals surface area contributed by atoms with Gasteiger partial charge in [-0.3, -0.25) is 0 Å². The molecule has 0 saturated carbocycles. The fourth-order valence-electron chi connectivity index (χ4n) is 2.61. The van der Waals surface area contributed by atoms with Crippen molar-refractivity contribution in [1.82, 2.24) is 0 Å². The van der Waals surface area contributed by atoms with Gasteiger partial charge in [0, 0.05) is 11.5 Å². The zero-order chi connectivity index (χ0) is 13.4. The molecule has 0 saturated heterocycles. The number of aromatic nitrogens is 1. The van der Waals surface area contributed by atoms with Gasteiger partial charge in [-0.15, -0.1) is 0 Å². The van der Waals surface area contributed by atoms with Crippen molar-refractivity contribution in [3.8, 4) is 16.9 Å². The molecule has 0 amide bonds. The summed E-state index contributed by atoms with van der Waals surface area (Å²) < 4.78 is 0. The van der Waals surface area contributed by atoms with Gasteiger partial charge >= 0.3 is 18.9 Å². The van der Waals surface area contributed by atoms with E-state index in [0.717, 1.165) is 27.6 Å². The van der Waals surface area contributed by atoms with E-state index >= 15 is 0 Å². The van der Waals surface area contributed by atoms with Crippen LogP contribution in [0.25, 0.3) is 22.0 Å². The van der Waals surface area contributed by atoms with Crippen LogP contribution in [0.15, 0.2) is 48.7 Å². The summed E-state index contributed by atoms with van der Waals surface area (Å²) in [6.07, 6.45) is 1.79. The second-order valence-electron chi connectivity index (χ2n) is 4.84. The van der Waals surface area contributed by atoms with Crippen LogP contribution in [0.3, 0.4) is 0 Å². The summed E-state index contributed by atoms with van der Waals surface area (Å²) in [6, 6.07) is 13.9. The molecule has 1 heterocycles. The fraction of sp³-hybridized carbons (Fsp3) is 0.118. The molecule has 0 aliphatic rings. The average molecular weight is 256 g/mol. The summed E-state index contributed by atoms with van der Waals surface area (Å²) in [5.41, 5.74) is 4.75. The second-order valence-corrected chi connectivity index (χ2v) is 4.84. The molecular formula is C17H15LiNO+. The van der Waals surface area contributed by atoms with Crippen molar-refractivity contribution in [3.05, 3.63) is 59.8 Å². The van der Waals surface area contributed by atoms with Gasteiger partial charge in [0.15, 0.2) is 6.20 Å². The number of aromatic amines is 1. The third kappa shape index (κ3) is 2.33. The molecule has 1 aromatic heterocycles. The van der Waals surface area contributed by atoms with Gasteiger partial charge in [0.2, 0.25) is 5.52 Å². The van der Waals surface area contributed by atoms with Gasteiger partial charge in [0.1, 0.15) is 0 Å². The minimum absolute atomic E-state index is 0. The van der Waals surface area contributed by atoms with Crippen LogP contribution in [0.5, 0.6) is 5.75 Å². The minimum atomic E-state index is 0. The number of benzene rings is 2. The maximum Gasteiger partial charge on any atom is 1.00 e. The third-order valence-electron chi connectivity index (χ3n) is 3.54. The molecule has 0 radical (unpaired) electrons. The van der Waals surface area contributed by atoms with E-state index in [1.54, 1.807) is 6.20 Å². The van der Waals surface area contributed by atoms with E-state index in [2.05, 4.69) is 4.98 Å². The van der Waals surface area contributed by atoms with Crippen molar-refractivity contribution in [3.63, 3.8) is 0 Å². The molecule has 20 heavy (non-hydrogen) atoms. The summed E-state index contributed by atoms with van der Waals surface area (Å²) in [5, 5.41) is 13.5. The molecule has 0 fully saturated rings. The molecule has 0 bridgehead atoms. The van der Waals surface area contributed by atoms with Gasteiger partial charge in [0.25, 0.3) is 0 Å². The first-order valence-electron chi connectivity index (χ1n) is 6.35. The molecule has 1 N–H and O–H groups in total. The summed E-state index contributed by atoms with van der Waals surface area (Å²) in [5.74, 6) is 0.0653. The zero-order valence-corrected chi connectivity index (χ0v) is 12.0. The van der Waals surface area contributed by atoms with Crippen molar-refractivity contribution in [1.29, 1.82) is 0 Å². The van der Waals surface area contributed by atoms with E-state index in [-0.39, 0.29) is 24.6 Å². The Morgan fingerprint density at radius 1 is 0.900 bits per heavy atom. The van der Waals surface area contributed by atoms with Gasteiger partial charge in [-0.2, -0.15) is 0 Å². The number of hydrogen-bond donors (Lipinski definition) is 0. The van der Waals surface area contributed by atoms with Gasteiger partial charge in [0.05, 0.1) is 0 Å². The summed E-state index contributed by atoms with van der Waals surface area (Å²) in [7, 11) is 0. The number of rotatable bonds is 1. The Bertz CT molecular complexity index is 748. The Balaban J connectivity index is 0.00000147. The largest absolute Gasteiger partial charge is 1.00 e. The van der Waals surface area contributed by atoms with Gasteiger partial charge < -0.3 is 5.11 Å². The Labute approximate surface area is 130 Å². The Morgan fingerprint density at radius 2 is 1.60 bits per heavy atom. The molecule has 0 unspecified atom stereocenters. The zero-order valence-electron chi connectivity index (χ0n) is 12.0. The molecule has 0 aliphatic carbocycles. The van der Waals surface area contributed by atoms with Crippen LogP contribution in [-0.2, 0) is 0 Å². The maximum atomic E-state index is 12.6. The number of fused-ring (bicyclic) bond motifs is 1. The first-order valence-corrected chi connectivity index (χ1v) is 6.35. The molecule has 94 valence electrons. The van der Waals surface area contributed by atoms with Crippen LogP contribution >= 0.6 is 0 Å². The van der Waals surface area contributed by atoms with E-state index in [0.29, 0.717) is 5.52 Å². The molecule has 2 aromatic carbocycles. The molecule has 3 heteroatoms. The van der Waals surface area contributed by atoms with Crippen LogP contribution < -0.4 is 29.0 Å². The van der Waals surface area contributed by atoms with Crippen molar-refractivity contribution in [2.45, 2.75) is 13.8 Å². The van der Waals surface area contributed by atoms with E-state index in [1.165, 1.54) is 0 Å². The van der Waals surface area contributed by atoms with Crippen molar-refractivity contribution in [2.75, 3.05) is 0 Å². The summed E-state index contributed by atoms with van der Waals surface area (Å²) >= 11 is 0. The van der Waals surface area contributed by atoms with E-state index in [9.17, 15) is 5.11 Å². The molecule has 0 spiro atoms. The number of pyridine rings is 1. The number of H-pyrrole nitrogens is 1. The Hall–Kier alpha value is -1.75. The van der Waals surface area contributed by atoms with Crippen LogP contribution in [0, 0.1) is 13.8 Å².